The highest BCUT2D eigenvalue weighted by atomic mass is 32.2. The van der Waals surface area contributed by atoms with Gasteiger partial charge in [0.05, 0.1) is 15.5 Å². The molecule has 162 valence electrons. The van der Waals surface area contributed by atoms with Crippen molar-refractivity contribution in [1.82, 2.24) is 0 Å². The number of rotatable bonds is 6. The summed E-state index contributed by atoms with van der Waals surface area (Å²) in [5.74, 6) is -0.505. The molecule has 2 N–H and O–H groups in total. The van der Waals surface area contributed by atoms with Crippen molar-refractivity contribution in [3.8, 4) is 0 Å². The number of nitrogens with one attached hydrogen (secondary N) is 2. The Balaban J connectivity index is 1.78. The van der Waals surface area contributed by atoms with Gasteiger partial charge in [-0.15, -0.1) is 0 Å². The zero-order chi connectivity index (χ0) is 22.8. The molecule has 3 aromatic rings. The van der Waals surface area contributed by atoms with E-state index in [9.17, 15) is 21.6 Å². The highest BCUT2D eigenvalue weighted by Crippen LogP contribution is 2.24. The van der Waals surface area contributed by atoms with Gasteiger partial charge in [0, 0.05) is 17.5 Å². The van der Waals surface area contributed by atoms with Crippen LogP contribution in [0, 0.1) is 13.8 Å². The van der Waals surface area contributed by atoms with Crippen molar-refractivity contribution in [2.45, 2.75) is 23.6 Å². The summed E-state index contributed by atoms with van der Waals surface area (Å²) in [6.07, 6.45) is 1.07. The second kappa shape index (κ2) is 8.52. The number of amides is 1. The van der Waals surface area contributed by atoms with Gasteiger partial charge in [-0.1, -0.05) is 24.3 Å². The van der Waals surface area contributed by atoms with Crippen molar-refractivity contribution >= 4 is 37.1 Å². The number of anilines is 2. The first kappa shape index (κ1) is 22.5. The number of hydrogen-bond donors (Lipinski definition) is 2. The molecule has 0 bridgehead atoms. The van der Waals surface area contributed by atoms with Crippen molar-refractivity contribution in [3.05, 3.63) is 83.4 Å². The minimum absolute atomic E-state index is 0.0409. The van der Waals surface area contributed by atoms with E-state index in [4.69, 9.17) is 0 Å². The molecule has 0 atom stereocenters. The number of benzene rings is 3. The Morgan fingerprint density at radius 1 is 0.774 bits per heavy atom. The molecule has 0 saturated heterocycles. The van der Waals surface area contributed by atoms with Crippen LogP contribution in [0.3, 0.4) is 0 Å². The van der Waals surface area contributed by atoms with E-state index in [-0.39, 0.29) is 15.4 Å². The predicted octanol–water partition coefficient (Wildman–Crippen LogP) is 3.76. The lowest BCUT2D eigenvalue weighted by molar-refractivity contribution is 0.102. The number of carbonyl (C=O) groups excluding carboxylic acids is 1. The summed E-state index contributed by atoms with van der Waals surface area (Å²) in [5, 5.41) is 2.63. The molecule has 0 heterocycles. The van der Waals surface area contributed by atoms with Gasteiger partial charge in [-0.25, -0.2) is 16.8 Å². The average molecular weight is 459 g/mol. The molecule has 0 aromatic heterocycles. The average Bonchev–Trinajstić information content (AvgIpc) is 2.71. The third-order valence-corrected chi connectivity index (χ3v) is 7.14. The van der Waals surface area contributed by atoms with E-state index in [2.05, 4.69) is 10.0 Å². The minimum Gasteiger partial charge on any atom is -0.322 e. The maximum absolute atomic E-state index is 12.7. The SMILES string of the molecule is Cc1cccc(C)c1NS(=O)(=O)c1ccc(NC(=O)c2cccc(S(C)(=O)=O)c2)cc1. The summed E-state index contributed by atoms with van der Waals surface area (Å²) >= 11 is 0. The molecule has 9 heteroatoms. The van der Waals surface area contributed by atoms with Gasteiger partial charge in [-0.2, -0.15) is 0 Å². The summed E-state index contributed by atoms with van der Waals surface area (Å²) in [6.45, 7) is 3.64. The molecule has 0 aliphatic heterocycles. The van der Waals surface area contributed by atoms with E-state index < -0.39 is 25.8 Å². The molecule has 0 spiro atoms. The van der Waals surface area contributed by atoms with Gasteiger partial charge in [0.15, 0.2) is 9.84 Å². The van der Waals surface area contributed by atoms with Gasteiger partial charge in [0.25, 0.3) is 15.9 Å². The summed E-state index contributed by atoms with van der Waals surface area (Å²) in [5.41, 5.74) is 2.70. The first-order chi connectivity index (χ1) is 14.5. The van der Waals surface area contributed by atoms with Gasteiger partial charge < -0.3 is 5.32 Å². The lowest BCUT2D eigenvalue weighted by Gasteiger charge is -2.13. The molecule has 0 radical (unpaired) electrons. The van der Waals surface area contributed by atoms with Crippen molar-refractivity contribution in [2.24, 2.45) is 0 Å². The van der Waals surface area contributed by atoms with E-state index in [0.717, 1.165) is 17.4 Å². The molecule has 7 nitrogen and oxygen atoms in total. The highest BCUT2D eigenvalue weighted by Gasteiger charge is 2.17. The molecule has 0 fully saturated rings. The number of aryl methyl sites for hydroxylation is 2. The van der Waals surface area contributed by atoms with Crippen LogP contribution in [0.2, 0.25) is 0 Å². The third-order valence-electron chi connectivity index (χ3n) is 4.66. The monoisotopic (exact) mass is 458 g/mol. The van der Waals surface area contributed by atoms with E-state index in [1.807, 2.05) is 32.0 Å². The number of carbonyl (C=O) groups is 1. The van der Waals surface area contributed by atoms with Crippen LogP contribution in [-0.4, -0.2) is 29.0 Å². The van der Waals surface area contributed by atoms with Gasteiger partial charge in [-0.05, 0) is 67.4 Å². The largest absolute Gasteiger partial charge is 0.322 e. The van der Waals surface area contributed by atoms with Gasteiger partial charge >= 0.3 is 0 Å². The smallest absolute Gasteiger partial charge is 0.261 e. The van der Waals surface area contributed by atoms with Gasteiger partial charge in [0.1, 0.15) is 0 Å². The molecule has 31 heavy (non-hydrogen) atoms. The Morgan fingerprint density at radius 2 is 1.35 bits per heavy atom. The lowest BCUT2D eigenvalue weighted by atomic mass is 10.1. The Morgan fingerprint density at radius 3 is 1.94 bits per heavy atom. The third kappa shape index (κ3) is 5.31. The second-order valence-electron chi connectivity index (χ2n) is 7.15. The summed E-state index contributed by atoms with van der Waals surface area (Å²) in [7, 11) is -7.25. The maximum Gasteiger partial charge on any atom is 0.261 e. The van der Waals surface area contributed by atoms with Gasteiger partial charge in [0.2, 0.25) is 0 Å². The molecule has 3 aromatic carbocycles. The molecule has 0 saturated carbocycles. The Bertz CT molecular complexity index is 1330. The molecule has 0 aliphatic carbocycles. The number of hydrogen-bond acceptors (Lipinski definition) is 5. The zero-order valence-corrected chi connectivity index (χ0v) is 18.8. The Labute approximate surface area is 182 Å². The Hall–Kier alpha value is -3.17. The Kier molecular flexibility index (Phi) is 6.19. The van der Waals surface area contributed by atoms with Crippen LogP contribution >= 0.6 is 0 Å². The molecule has 0 aliphatic rings. The lowest BCUT2D eigenvalue weighted by Crippen LogP contribution is -2.15. The number of para-hydroxylation sites is 1. The first-order valence-corrected chi connectivity index (χ1v) is 12.7. The quantitative estimate of drug-likeness (QED) is 0.585. The molecule has 0 unspecified atom stereocenters. The molecule has 3 rings (SSSR count). The number of sulfone groups is 1. The normalized spacial score (nSPS) is 11.7. The van der Waals surface area contributed by atoms with E-state index >= 15 is 0 Å². The summed E-state index contributed by atoms with van der Waals surface area (Å²) < 4.78 is 51.4. The summed E-state index contributed by atoms with van der Waals surface area (Å²) in [4.78, 5) is 12.5. The fraction of sp³-hybridized carbons (Fsp3) is 0.136. The summed E-state index contributed by atoms with van der Waals surface area (Å²) in [6, 6.07) is 16.9. The molecular weight excluding hydrogens is 436 g/mol. The molecular formula is C22H22N2O5S2. The second-order valence-corrected chi connectivity index (χ2v) is 10.8. The fourth-order valence-corrected chi connectivity index (χ4v) is 4.83. The fourth-order valence-electron chi connectivity index (χ4n) is 2.96. The number of sulfonamides is 1. The predicted molar refractivity (Wildman–Crippen MR) is 121 cm³/mol. The highest BCUT2D eigenvalue weighted by molar-refractivity contribution is 7.92. The van der Waals surface area contributed by atoms with Crippen molar-refractivity contribution in [2.75, 3.05) is 16.3 Å². The van der Waals surface area contributed by atoms with Crippen LogP contribution in [0.1, 0.15) is 21.5 Å². The van der Waals surface area contributed by atoms with Crippen molar-refractivity contribution < 1.29 is 21.6 Å². The van der Waals surface area contributed by atoms with Crippen LogP contribution in [0.15, 0.2) is 76.5 Å². The van der Waals surface area contributed by atoms with Crippen LogP contribution in [0.5, 0.6) is 0 Å². The van der Waals surface area contributed by atoms with Crippen molar-refractivity contribution in [3.63, 3.8) is 0 Å². The van der Waals surface area contributed by atoms with E-state index in [0.29, 0.717) is 11.4 Å². The van der Waals surface area contributed by atoms with Gasteiger partial charge in [-0.3, -0.25) is 9.52 Å². The van der Waals surface area contributed by atoms with E-state index in [1.165, 1.54) is 48.5 Å². The van der Waals surface area contributed by atoms with Crippen LogP contribution in [0.4, 0.5) is 11.4 Å². The minimum atomic E-state index is -3.81. The standard InChI is InChI=1S/C22H22N2O5S2/c1-15-6-4-7-16(2)21(15)24-31(28,29)19-12-10-18(11-13-19)23-22(25)17-8-5-9-20(14-17)30(3,26)27/h4-14,24H,1-3H3,(H,23,25). The topological polar surface area (TPSA) is 109 Å². The van der Waals surface area contributed by atoms with Crippen molar-refractivity contribution in [1.29, 1.82) is 0 Å². The maximum atomic E-state index is 12.7. The zero-order valence-electron chi connectivity index (χ0n) is 17.2. The van der Waals surface area contributed by atoms with E-state index in [1.54, 1.807) is 0 Å². The van der Waals surface area contributed by atoms with Crippen LogP contribution < -0.4 is 10.0 Å². The van der Waals surface area contributed by atoms with Crippen LogP contribution in [-0.2, 0) is 19.9 Å². The van der Waals surface area contributed by atoms with Crippen LogP contribution in [0.25, 0.3) is 0 Å². The first-order valence-electron chi connectivity index (χ1n) is 9.28. The molecule has 1 amide bonds.